The molecule has 0 bridgehead atoms. The van der Waals surface area contributed by atoms with Crippen molar-refractivity contribution in [1.82, 2.24) is 0 Å². The molecule has 1 fully saturated rings. The number of hydrogen-bond acceptors (Lipinski definition) is 4. The molecule has 0 aliphatic carbocycles. The molecule has 0 spiro atoms. The predicted octanol–water partition coefficient (Wildman–Crippen LogP) is 3.90. The second-order valence-electron chi connectivity index (χ2n) is 6.12. The Kier molecular flexibility index (Phi) is 8.87. The summed E-state index contributed by atoms with van der Waals surface area (Å²) in [7, 11) is 2.86. The fourth-order valence-electron chi connectivity index (χ4n) is 3.66. The summed E-state index contributed by atoms with van der Waals surface area (Å²) in [6.45, 7) is 5.78. The lowest BCUT2D eigenvalue weighted by Gasteiger charge is -2.51. The van der Waals surface area contributed by atoms with Crippen LogP contribution in [0.15, 0.2) is 36.9 Å². The van der Waals surface area contributed by atoms with Crippen molar-refractivity contribution in [2.24, 2.45) is 5.73 Å². The number of benzene rings is 1. The molecule has 0 aromatic heterocycles. The maximum Gasteiger partial charge on any atom is 0.372 e. The van der Waals surface area contributed by atoms with E-state index in [4.69, 9.17) is 19.3 Å². The Morgan fingerprint density at radius 1 is 1.25 bits per heavy atom. The van der Waals surface area contributed by atoms with Crippen LogP contribution >= 0.6 is 0 Å². The largest absolute Gasteiger partial charge is 0.396 e. The number of nitrogens with two attached hydrogens (primary N) is 1. The van der Waals surface area contributed by atoms with Crippen LogP contribution in [0.5, 0.6) is 0 Å². The summed E-state index contributed by atoms with van der Waals surface area (Å²) in [6, 6.07) is 11.0. The average molecular weight is 352 g/mol. The van der Waals surface area contributed by atoms with Crippen molar-refractivity contribution < 1.29 is 13.6 Å². The molecule has 1 saturated heterocycles. The molecule has 2 atom stereocenters. The Bertz CT molecular complexity index is 479. The first-order chi connectivity index (χ1) is 11.6. The minimum absolute atomic E-state index is 0.0257. The third kappa shape index (κ3) is 4.35. The number of hydrogen-bond donors (Lipinski definition) is 1. The molecule has 2 N–H and O–H groups in total. The summed E-state index contributed by atoms with van der Waals surface area (Å²) in [4.78, 5) is 0. The minimum atomic E-state index is -2.34. The maximum atomic E-state index is 6.29. The summed E-state index contributed by atoms with van der Waals surface area (Å²) in [5, 5.41) is -0.385. The topological polar surface area (TPSA) is 53.7 Å². The first-order valence-electron chi connectivity index (χ1n) is 8.64. The van der Waals surface area contributed by atoms with Gasteiger partial charge in [0.05, 0.1) is 0 Å². The van der Waals surface area contributed by atoms with Gasteiger partial charge in [0.2, 0.25) is 0 Å². The van der Waals surface area contributed by atoms with Gasteiger partial charge in [0.25, 0.3) is 0 Å². The van der Waals surface area contributed by atoms with Gasteiger partial charge in [-0.3, -0.25) is 0 Å². The third-order valence-electron chi connectivity index (χ3n) is 4.95. The van der Waals surface area contributed by atoms with E-state index in [1.165, 1.54) is 5.56 Å². The second kappa shape index (κ2) is 10.1. The zero-order chi connectivity index (χ0) is 18.1. The van der Waals surface area contributed by atoms with Crippen molar-refractivity contribution in [3.63, 3.8) is 0 Å². The van der Waals surface area contributed by atoms with E-state index in [2.05, 4.69) is 13.5 Å². The predicted molar refractivity (Wildman–Crippen MR) is 103 cm³/mol. The molecule has 0 amide bonds. The van der Waals surface area contributed by atoms with Gasteiger partial charge >= 0.3 is 8.56 Å². The van der Waals surface area contributed by atoms with Crippen molar-refractivity contribution in [3.05, 3.63) is 42.5 Å². The smallest absolute Gasteiger partial charge is 0.372 e. The minimum Gasteiger partial charge on any atom is -0.396 e. The van der Waals surface area contributed by atoms with Crippen LogP contribution in [0, 0.1) is 0 Å². The molecule has 1 aromatic carbocycles. The molecule has 1 heterocycles. The second-order valence-corrected chi connectivity index (χ2v) is 9.79. The van der Waals surface area contributed by atoms with Crippen molar-refractivity contribution in [2.75, 3.05) is 21.3 Å². The highest BCUT2D eigenvalue weighted by atomic mass is 28.4. The van der Waals surface area contributed by atoms with Gasteiger partial charge in [-0.25, -0.2) is 0 Å². The van der Waals surface area contributed by atoms with Crippen LogP contribution in [0.4, 0.5) is 0 Å². The Balaban J connectivity index is 0.000000300. The summed E-state index contributed by atoms with van der Waals surface area (Å²) in [6.07, 6.45) is 5.85. The van der Waals surface area contributed by atoms with Crippen molar-refractivity contribution in [2.45, 2.75) is 49.9 Å². The summed E-state index contributed by atoms with van der Waals surface area (Å²) >= 11 is 0. The average Bonchev–Trinajstić information content (AvgIpc) is 2.64. The molecule has 2 unspecified atom stereocenters. The van der Waals surface area contributed by atoms with E-state index in [1.807, 2.05) is 36.4 Å². The maximum absolute atomic E-state index is 6.29. The molecule has 1 aliphatic heterocycles. The Hall–Kier alpha value is -0.983. The molecule has 24 heavy (non-hydrogen) atoms. The summed E-state index contributed by atoms with van der Waals surface area (Å²) in [5.41, 5.74) is 7.46. The highest BCUT2D eigenvalue weighted by Crippen LogP contribution is 2.42. The molecular formula is C19H33NO3Si. The van der Waals surface area contributed by atoms with Crippen LogP contribution in [0.3, 0.4) is 0 Å². The molecular weight excluding hydrogens is 318 g/mol. The number of methoxy groups -OCH3 is 1. The highest BCUT2D eigenvalue weighted by Gasteiger charge is 2.62. The van der Waals surface area contributed by atoms with Crippen molar-refractivity contribution in [3.8, 4) is 0 Å². The van der Waals surface area contributed by atoms with Gasteiger partial charge in [-0.1, -0.05) is 56.3 Å². The highest BCUT2D eigenvalue weighted by molar-refractivity contribution is 6.71. The summed E-state index contributed by atoms with van der Waals surface area (Å²) < 4.78 is 17.4. The lowest BCUT2D eigenvalue weighted by atomic mass is 10.0. The van der Waals surface area contributed by atoms with Gasteiger partial charge in [-0.15, -0.1) is 0 Å². The van der Waals surface area contributed by atoms with Crippen LogP contribution < -0.4 is 5.73 Å². The molecule has 2 rings (SSSR count). The van der Waals surface area contributed by atoms with E-state index < -0.39 is 8.56 Å². The normalized spacial score (nSPS) is 25.5. The van der Waals surface area contributed by atoms with E-state index in [0.717, 1.165) is 31.7 Å². The Morgan fingerprint density at radius 2 is 1.88 bits per heavy atom. The van der Waals surface area contributed by atoms with Crippen LogP contribution in [-0.2, 0) is 13.6 Å². The van der Waals surface area contributed by atoms with Gasteiger partial charge in [0, 0.05) is 27.4 Å². The first kappa shape index (κ1) is 21.1. The molecule has 5 heteroatoms. The molecule has 136 valence electrons. The fraction of sp³-hybridized carbons (Fsp3) is 0.579. The number of ether oxygens (including phenoxy) is 1. The van der Waals surface area contributed by atoms with E-state index in [1.54, 1.807) is 21.3 Å². The fourth-order valence-corrected chi connectivity index (χ4v) is 7.67. The standard InChI is InChI=1S/C11H25NO3Si.C8H8/c1-5-8-11(13-2)10(12)7-6-9-16(11,14-3)15-4;1-2-8-6-4-3-5-7-8/h10H,5-9,12H2,1-4H3;2-7H,1H2. The Morgan fingerprint density at radius 3 is 2.29 bits per heavy atom. The van der Waals surface area contributed by atoms with E-state index >= 15 is 0 Å². The zero-order valence-electron chi connectivity index (χ0n) is 15.6. The number of rotatable bonds is 6. The van der Waals surface area contributed by atoms with Gasteiger partial charge in [-0.2, -0.15) is 0 Å². The quantitative estimate of drug-likeness (QED) is 0.790. The Labute approximate surface area is 148 Å². The van der Waals surface area contributed by atoms with Gasteiger partial charge in [0.15, 0.2) is 0 Å². The van der Waals surface area contributed by atoms with Crippen molar-refractivity contribution in [1.29, 1.82) is 0 Å². The molecule has 0 saturated carbocycles. The molecule has 1 aromatic rings. The SMILES string of the molecule is C=Cc1ccccc1.CCCC1(OC)C(N)CCC[Si]1(OC)OC. The van der Waals surface area contributed by atoms with Gasteiger partial charge in [0.1, 0.15) is 5.22 Å². The molecule has 4 nitrogen and oxygen atoms in total. The van der Waals surface area contributed by atoms with E-state index in [9.17, 15) is 0 Å². The third-order valence-corrected chi connectivity index (χ3v) is 9.39. The van der Waals surface area contributed by atoms with Crippen LogP contribution in [0.25, 0.3) is 6.08 Å². The van der Waals surface area contributed by atoms with Crippen LogP contribution in [0.1, 0.15) is 38.2 Å². The zero-order valence-corrected chi connectivity index (χ0v) is 16.6. The van der Waals surface area contributed by atoms with Gasteiger partial charge < -0.3 is 19.3 Å². The van der Waals surface area contributed by atoms with Crippen LogP contribution in [0.2, 0.25) is 6.04 Å². The van der Waals surface area contributed by atoms with E-state index in [0.29, 0.717) is 0 Å². The monoisotopic (exact) mass is 351 g/mol. The lowest BCUT2D eigenvalue weighted by Crippen LogP contribution is -2.72. The summed E-state index contributed by atoms with van der Waals surface area (Å²) in [5.74, 6) is 0. The first-order valence-corrected chi connectivity index (χ1v) is 10.7. The molecule has 0 radical (unpaired) electrons. The van der Waals surface area contributed by atoms with Gasteiger partial charge in [-0.05, 0) is 30.9 Å². The van der Waals surface area contributed by atoms with Crippen LogP contribution in [-0.4, -0.2) is 41.2 Å². The molecule has 1 aliphatic rings. The lowest BCUT2D eigenvalue weighted by molar-refractivity contribution is -0.0279. The van der Waals surface area contributed by atoms with Crippen molar-refractivity contribution >= 4 is 14.6 Å². The van der Waals surface area contributed by atoms with E-state index in [-0.39, 0.29) is 11.3 Å².